The molecule has 2 N–H and O–H groups in total. The summed E-state index contributed by atoms with van der Waals surface area (Å²) < 4.78 is 38.7. The van der Waals surface area contributed by atoms with Crippen LogP contribution in [-0.2, 0) is 19.3 Å². The van der Waals surface area contributed by atoms with Crippen molar-refractivity contribution in [3.63, 3.8) is 0 Å². The Morgan fingerprint density at radius 3 is 2.21 bits per heavy atom. The molecule has 0 spiro atoms. The number of benzene rings is 1. The zero-order chi connectivity index (χ0) is 13.2. The summed E-state index contributed by atoms with van der Waals surface area (Å²) in [7, 11) is 0. The van der Waals surface area contributed by atoms with Crippen molar-refractivity contribution in [2.75, 3.05) is 0 Å². The van der Waals surface area contributed by atoms with Crippen LogP contribution in [0.15, 0.2) is 36.7 Å². The summed E-state index contributed by atoms with van der Waals surface area (Å²) in [6, 6.07) is 5.05. The summed E-state index contributed by atoms with van der Waals surface area (Å²) in [5.74, 6) is 0. The van der Waals surface area contributed by atoms with Crippen molar-refractivity contribution in [2.45, 2.75) is 19.3 Å². The Morgan fingerprint density at radius 1 is 1.11 bits per heavy atom. The van der Waals surface area contributed by atoms with E-state index in [2.05, 4.69) is 5.10 Å². The molecule has 0 atom stereocenters. The largest absolute Gasteiger partial charge is 0.416 e. The molecule has 0 aliphatic carbocycles. The summed E-state index contributed by atoms with van der Waals surface area (Å²) >= 11 is 0. The second-order valence-corrected chi connectivity index (χ2v) is 3.94. The fourth-order valence-electron chi connectivity index (χ4n) is 1.58. The zero-order valence-electron chi connectivity index (χ0n) is 9.89. The third-order valence-corrected chi connectivity index (χ3v) is 2.55. The van der Waals surface area contributed by atoms with Crippen molar-refractivity contribution < 1.29 is 13.2 Å². The van der Waals surface area contributed by atoms with Gasteiger partial charge < -0.3 is 5.73 Å². The molecule has 0 saturated heterocycles. The van der Waals surface area contributed by atoms with E-state index in [-0.39, 0.29) is 12.4 Å². The van der Waals surface area contributed by atoms with Crippen molar-refractivity contribution >= 4 is 12.4 Å². The van der Waals surface area contributed by atoms with Crippen LogP contribution in [0.2, 0.25) is 0 Å². The van der Waals surface area contributed by atoms with Crippen LogP contribution in [-0.4, -0.2) is 9.78 Å². The first-order valence-corrected chi connectivity index (χ1v) is 5.36. The van der Waals surface area contributed by atoms with Gasteiger partial charge in [0.15, 0.2) is 0 Å². The minimum absolute atomic E-state index is 0. The average molecular weight is 292 g/mol. The van der Waals surface area contributed by atoms with Crippen LogP contribution >= 0.6 is 12.4 Å². The third kappa shape index (κ3) is 3.97. The van der Waals surface area contributed by atoms with Crippen molar-refractivity contribution in [3.8, 4) is 0 Å². The molecule has 0 radical (unpaired) electrons. The van der Waals surface area contributed by atoms with Gasteiger partial charge in [-0.2, -0.15) is 18.3 Å². The SMILES string of the molecule is Cl.NCc1cnn(Cc2ccc(C(F)(F)F)cc2)c1. The number of alkyl halides is 3. The number of halogens is 4. The fraction of sp³-hybridized carbons (Fsp3) is 0.250. The highest BCUT2D eigenvalue weighted by molar-refractivity contribution is 5.85. The van der Waals surface area contributed by atoms with Gasteiger partial charge in [-0.3, -0.25) is 4.68 Å². The average Bonchev–Trinajstić information content (AvgIpc) is 2.76. The summed E-state index contributed by atoms with van der Waals surface area (Å²) in [4.78, 5) is 0. The van der Waals surface area contributed by atoms with E-state index in [1.165, 1.54) is 12.1 Å². The van der Waals surface area contributed by atoms with Gasteiger partial charge in [-0.05, 0) is 17.7 Å². The monoisotopic (exact) mass is 291 g/mol. The lowest BCUT2D eigenvalue weighted by atomic mass is 10.1. The molecule has 0 fully saturated rings. The van der Waals surface area contributed by atoms with E-state index in [1.54, 1.807) is 17.1 Å². The number of hydrogen-bond acceptors (Lipinski definition) is 2. The molecule has 7 heteroatoms. The molecule has 19 heavy (non-hydrogen) atoms. The van der Waals surface area contributed by atoms with E-state index in [0.29, 0.717) is 13.1 Å². The first-order valence-electron chi connectivity index (χ1n) is 5.36. The Bertz CT molecular complexity index is 520. The van der Waals surface area contributed by atoms with Gasteiger partial charge in [0.1, 0.15) is 0 Å². The van der Waals surface area contributed by atoms with Gasteiger partial charge in [0, 0.05) is 18.3 Å². The highest BCUT2D eigenvalue weighted by Crippen LogP contribution is 2.29. The minimum atomic E-state index is -4.29. The molecule has 1 aromatic carbocycles. The normalized spacial score (nSPS) is 11.2. The molecule has 3 nitrogen and oxygen atoms in total. The van der Waals surface area contributed by atoms with E-state index in [0.717, 1.165) is 23.3 Å². The Kier molecular flexibility index (Phi) is 4.97. The van der Waals surface area contributed by atoms with Gasteiger partial charge in [0.2, 0.25) is 0 Å². The molecular formula is C12H13ClF3N3. The highest BCUT2D eigenvalue weighted by Gasteiger charge is 2.29. The predicted molar refractivity (Wildman–Crippen MR) is 67.9 cm³/mol. The molecule has 0 aliphatic heterocycles. The number of hydrogen-bond donors (Lipinski definition) is 1. The van der Waals surface area contributed by atoms with Gasteiger partial charge in [-0.1, -0.05) is 12.1 Å². The molecule has 2 rings (SSSR count). The Hall–Kier alpha value is -1.53. The third-order valence-electron chi connectivity index (χ3n) is 2.55. The van der Waals surface area contributed by atoms with Crippen LogP contribution in [0.25, 0.3) is 0 Å². The summed E-state index contributed by atoms with van der Waals surface area (Å²) in [6.07, 6.45) is -0.876. The van der Waals surface area contributed by atoms with Gasteiger partial charge in [-0.25, -0.2) is 0 Å². The molecule has 104 valence electrons. The van der Waals surface area contributed by atoms with E-state index >= 15 is 0 Å². The number of nitrogens with zero attached hydrogens (tertiary/aromatic N) is 2. The number of nitrogens with two attached hydrogens (primary N) is 1. The highest BCUT2D eigenvalue weighted by atomic mass is 35.5. The fourth-order valence-corrected chi connectivity index (χ4v) is 1.58. The second-order valence-electron chi connectivity index (χ2n) is 3.94. The molecule has 2 aromatic rings. The molecular weight excluding hydrogens is 279 g/mol. The smallest absolute Gasteiger partial charge is 0.326 e. The molecule has 1 aromatic heterocycles. The summed E-state index contributed by atoms with van der Waals surface area (Å²) in [5.41, 5.74) is 6.45. The van der Waals surface area contributed by atoms with Crippen LogP contribution < -0.4 is 5.73 Å². The predicted octanol–water partition coefficient (Wildman–Crippen LogP) is 2.83. The quantitative estimate of drug-likeness (QED) is 0.945. The standard InChI is InChI=1S/C12H12F3N3.ClH/c13-12(14,15)11-3-1-9(2-4-11)7-18-8-10(5-16)6-17-18;/h1-4,6,8H,5,7,16H2;1H. The molecule has 0 aliphatic rings. The minimum Gasteiger partial charge on any atom is -0.326 e. The molecule has 0 amide bonds. The van der Waals surface area contributed by atoms with Crippen molar-refractivity contribution in [3.05, 3.63) is 53.3 Å². The number of aromatic nitrogens is 2. The molecule has 0 bridgehead atoms. The number of rotatable bonds is 3. The molecule has 1 heterocycles. The van der Waals surface area contributed by atoms with E-state index in [4.69, 9.17) is 5.73 Å². The van der Waals surface area contributed by atoms with E-state index in [1.807, 2.05) is 0 Å². The molecule has 0 unspecified atom stereocenters. The lowest BCUT2D eigenvalue weighted by Gasteiger charge is -2.07. The van der Waals surface area contributed by atoms with Gasteiger partial charge >= 0.3 is 6.18 Å². The van der Waals surface area contributed by atoms with Crippen LogP contribution in [0.3, 0.4) is 0 Å². The van der Waals surface area contributed by atoms with E-state index in [9.17, 15) is 13.2 Å². The lowest BCUT2D eigenvalue weighted by molar-refractivity contribution is -0.137. The molecule has 0 saturated carbocycles. The van der Waals surface area contributed by atoms with Crippen LogP contribution in [0.4, 0.5) is 13.2 Å². The maximum Gasteiger partial charge on any atom is 0.416 e. The maximum atomic E-state index is 12.4. The van der Waals surface area contributed by atoms with Gasteiger partial charge in [0.05, 0.1) is 18.3 Å². The van der Waals surface area contributed by atoms with Gasteiger partial charge in [-0.15, -0.1) is 12.4 Å². The zero-order valence-corrected chi connectivity index (χ0v) is 10.7. The first-order chi connectivity index (χ1) is 8.49. The van der Waals surface area contributed by atoms with Gasteiger partial charge in [0.25, 0.3) is 0 Å². The Labute approximate surface area is 114 Å². The van der Waals surface area contributed by atoms with Crippen LogP contribution in [0, 0.1) is 0 Å². The van der Waals surface area contributed by atoms with Crippen LogP contribution in [0.5, 0.6) is 0 Å². The Morgan fingerprint density at radius 2 is 1.74 bits per heavy atom. The van der Waals surface area contributed by atoms with Crippen molar-refractivity contribution in [1.82, 2.24) is 9.78 Å². The summed E-state index contributed by atoms with van der Waals surface area (Å²) in [5, 5.41) is 4.07. The first kappa shape index (κ1) is 15.5. The Balaban J connectivity index is 0.00000180. The van der Waals surface area contributed by atoms with Crippen molar-refractivity contribution in [1.29, 1.82) is 0 Å². The maximum absolute atomic E-state index is 12.4. The second kappa shape index (κ2) is 6.08. The lowest BCUT2D eigenvalue weighted by Crippen LogP contribution is -2.05. The van der Waals surface area contributed by atoms with Crippen LogP contribution in [0.1, 0.15) is 16.7 Å². The topological polar surface area (TPSA) is 43.8 Å². The van der Waals surface area contributed by atoms with E-state index < -0.39 is 11.7 Å². The summed E-state index contributed by atoms with van der Waals surface area (Å²) in [6.45, 7) is 0.825. The van der Waals surface area contributed by atoms with Crippen molar-refractivity contribution in [2.24, 2.45) is 5.73 Å².